The second-order valence-corrected chi connectivity index (χ2v) is 4.38. The third kappa shape index (κ3) is 4.77. The SMILES string of the molecule is C[C@@H](O)CNC(=O)/C=C/c1c(Cl)cccc1Cl. The van der Waals surface area contributed by atoms with Crippen LogP contribution in [0.3, 0.4) is 0 Å². The Kier molecular flexibility index (Phi) is 5.48. The van der Waals surface area contributed by atoms with Crippen LogP contribution in [0, 0.1) is 0 Å². The fourth-order valence-electron chi connectivity index (χ4n) is 1.14. The molecule has 1 atom stereocenters. The quantitative estimate of drug-likeness (QED) is 0.829. The van der Waals surface area contributed by atoms with Gasteiger partial charge in [-0.2, -0.15) is 0 Å². The summed E-state index contributed by atoms with van der Waals surface area (Å²) in [5.74, 6) is -0.304. The Morgan fingerprint density at radius 3 is 2.59 bits per heavy atom. The summed E-state index contributed by atoms with van der Waals surface area (Å²) in [5, 5.41) is 12.5. The predicted octanol–water partition coefficient (Wildman–Crippen LogP) is 2.50. The molecule has 1 aromatic carbocycles. The standard InChI is InChI=1S/C12H13Cl2NO2/c1-8(16)7-15-12(17)6-5-9-10(13)3-2-4-11(9)14/h2-6,8,16H,7H2,1H3,(H,15,17)/b6-5+/t8-/m1/s1. The minimum atomic E-state index is -0.573. The number of aliphatic hydroxyl groups excluding tert-OH is 1. The number of aliphatic hydroxyl groups is 1. The molecular weight excluding hydrogens is 261 g/mol. The van der Waals surface area contributed by atoms with Gasteiger partial charge in [-0.25, -0.2) is 0 Å². The summed E-state index contributed by atoms with van der Waals surface area (Å²) in [5.41, 5.74) is 0.600. The fourth-order valence-corrected chi connectivity index (χ4v) is 1.66. The van der Waals surface area contributed by atoms with Gasteiger partial charge in [0.05, 0.1) is 6.10 Å². The maximum Gasteiger partial charge on any atom is 0.244 e. The lowest BCUT2D eigenvalue weighted by atomic mass is 10.2. The van der Waals surface area contributed by atoms with Crippen molar-refractivity contribution in [1.29, 1.82) is 0 Å². The Bertz CT molecular complexity index is 410. The molecule has 0 aliphatic carbocycles. The maximum absolute atomic E-state index is 11.3. The van der Waals surface area contributed by atoms with Crippen molar-refractivity contribution < 1.29 is 9.90 Å². The number of halogens is 2. The summed E-state index contributed by atoms with van der Waals surface area (Å²) in [6, 6.07) is 5.12. The van der Waals surface area contributed by atoms with Crippen molar-refractivity contribution in [3.8, 4) is 0 Å². The lowest BCUT2D eigenvalue weighted by Gasteiger charge is -2.04. The van der Waals surface area contributed by atoms with E-state index in [1.807, 2.05) is 0 Å². The summed E-state index contributed by atoms with van der Waals surface area (Å²) >= 11 is 11.9. The van der Waals surface area contributed by atoms with E-state index in [2.05, 4.69) is 5.32 Å². The highest BCUT2D eigenvalue weighted by Crippen LogP contribution is 2.25. The van der Waals surface area contributed by atoms with Crippen molar-refractivity contribution in [3.05, 3.63) is 39.9 Å². The lowest BCUT2D eigenvalue weighted by molar-refractivity contribution is -0.116. The second kappa shape index (κ2) is 6.64. The number of hydrogen-bond donors (Lipinski definition) is 2. The van der Waals surface area contributed by atoms with Gasteiger partial charge in [0.25, 0.3) is 0 Å². The van der Waals surface area contributed by atoms with Gasteiger partial charge >= 0.3 is 0 Å². The van der Waals surface area contributed by atoms with Gasteiger partial charge in [0.1, 0.15) is 0 Å². The van der Waals surface area contributed by atoms with Crippen LogP contribution in [0.1, 0.15) is 12.5 Å². The number of rotatable bonds is 4. The van der Waals surface area contributed by atoms with E-state index in [0.717, 1.165) is 0 Å². The molecule has 5 heteroatoms. The average molecular weight is 274 g/mol. The van der Waals surface area contributed by atoms with Gasteiger partial charge < -0.3 is 10.4 Å². The van der Waals surface area contributed by atoms with E-state index in [4.69, 9.17) is 28.3 Å². The number of hydrogen-bond acceptors (Lipinski definition) is 2. The molecule has 0 fully saturated rings. The zero-order valence-electron chi connectivity index (χ0n) is 9.28. The first-order valence-electron chi connectivity index (χ1n) is 5.08. The Balaban J connectivity index is 2.67. The highest BCUT2D eigenvalue weighted by Gasteiger charge is 2.03. The highest BCUT2D eigenvalue weighted by atomic mass is 35.5. The molecule has 3 nitrogen and oxygen atoms in total. The molecule has 1 aromatic rings. The molecule has 1 rings (SSSR count). The molecule has 0 aliphatic rings. The van der Waals surface area contributed by atoms with Gasteiger partial charge in [0.2, 0.25) is 5.91 Å². The Hall–Kier alpha value is -1.03. The summed E-state index contributed by atoms with van der Waals surface area (Å²) in [6.07, 6.45) is 2.30. The van der Waals surface area contributed by atoms with Crippen LogP contribution in [-0.4, -0.2) is 23.7 Å². The van der Waals surface area contributed by atoms with Gasteiger partial charge in [-0.05, 0) is 25.1 Å². The van der Waals surface area contributed by atoms with E-state index < -0.39 is 6.10 Å². The smallest absolute Gasteiger partial charge is 0.244 e. The van der Waals surface area contributed by atoms with Crippen LogP contribution in [0.15, 0.2) is 24.3 Å². The Labute approximate surface area is 110 Å². The first-order valence-corrected chi connectivity index (χ1v) is 5.84. The van der Waals surface area contributed by atoms with Crippen LogP contribution in [0.2, 0.25) is 10.0 Å². The van der Waals surface area contributed by atoms with Crippen molar-refractivity contribution in [2.75, 3.05) is 6.54 Å². The number of benzene rings is 1. The van der Waals surface area contributed by atoms with E-state index >= 15 is 0 Å². The molecule has 17 heavy (non-hydrogen) atoms. The molecule has 0 unspecified atom stereocenters. The van der Waals surface area contributed by atoms with Crippen molar-refractivity contribution in [1.82, 2.24) is 5.32 Å². The molecule has 0 bridgehead atoms. The predicted molar refractivity (Wildman–Crippen MR) is 70.2 cm³/mol. The maximum atomic E-state index is 11.3. The van der Waals surface area contributed by atoms with Crippen LogP contribution in [0.5, 0.6) is 0 Å². The summed E-state index contributed by atoms with van der Waals surface area (Å²) in [4.78, 5) is 11.3. The third-order valence-electron chi connectivity index (χ3n) is 1.97. The molecule has 0 aliphatic heterocycles. The molecule has 0 heterocycles. The minimum absolute atomic E-state index is 0.208. The van der Waals surface area contributed by atoms with Gasteiger partial charge in [-0.1, -0.05) is 29.3 Å². The molecule has 0 radical (unpaired) electrons. The topological polar surface area (TPSA) is 49.3 Å². The first-order chi connectivity index (χ1) is 8.00. The van der Waals surface area contributed by atoms with E-state index in [-0.39, 0.29) is 12.5 Å². The van der Waals surface area contributed by atoms with Gasteiger partial charge in [0, 0.05) is 28.2 Å². The van der Waals surface area contributed by atoms with E-state index in [0.29, 0.717) is 15.6 Å². The zero-order chi connectivity index (χ0) is 12.8. The van der Waals surface area contributed by atoms with Gasteiger partial charge in [-0.3, -0.25) is 4.79 Å². The summed E-state index contributed by atoms with van der Waals surface area (Å²) in [6.45, 7) is 1.80. The molecule has 1 amide bonds. The van der Waals surface area contributed by atoms with Gasteiger partial charge in [0.15, 0.2) is 0 Å². The van der Waals surface area contributed by atoms with Crippen molar-refractivity contribution >= 4 is 35.2 Å². The van der Waals surface area contributed by atoms with E-state index in [9.17, 15) is 4.79 Å². The largest absolute Gasteiger partial charge is 0.392 e. The Morgan fingerprint density at radius 1 is 1.47 bits per heavy atom. The number of amides is 1. The fraction of sp³-hybridized carbons (Fsp3) is 0.250. The monoisotopic (exact) mass is 273 g/mol. The van der Waals surface area contributed by atoms with Crippen LogP contribution < -0.4 is 5.32 Å². The normalized spacial score (nSPS) is 12.7. The van der Waals surface area contributed by atoms with E-state index in [1.54, 1.807) is 31.2 Å². The van der Waals surface area contributed by atoms with Crippen molar-refractivity contribution in [2.24, 2.45) is 0 Å². The Morgan fingerprint density at radius 2 is 2.06 bits per heavy atom. The molecular formula is C12H13Cl2NO2. The van der Waals surface area contributed by atoms with Crippen LogP contribution in [0.4, 0.5) is 0 Å². The van der Waals surface area contributed by atoms with Crippen molar-refractivity contribution in [3.63, 3.8) is 0 Å². The van der Waals surface area contributed by atoms with Crippen LogP contribution in [-0.2, 0) is 4.79 Å². The number of carbonyl (C=O) groups is 1. The van der Waals surface area contributed by atoms with Crippen LogP contribution >= 0.6 is 23.2 Å². The number of carbonyl (C=O) groups excluding carboxylic acids is 1. The average Bonchev–Trinajstić information content (AvgIpc) is 2.25. The molecule has 0 spiro atoms. The molecule has 92 valence electrons. The molecule has 0 saturated carbocycles. The minimum Gasteiger partial charge on any atom is -0.392 e. The summed E-state index contributed by atoms with van der Waals surface area (Å²) in [7, 11) is 0. The van der Waals surface area contributed by atoms with E-state index in [1.165, 1.54) is 6.08 Å². The van der Waals surface area contributed by atoms with Crippen molar-refractivity contribution in [2.45, 2.75) is 13.0 Å². The second-order valence-electron chi connectivity index (χ2n) is 3.56. The molecule has 0 saturated heterocycles. The summed E-state index contributed by atoms with van der Waals surface area (Å²) < 4.78 is 0. The first kappa shape index (κ1) is 14.0. The zero-order valence-corrected chi connectivity index (χ0v) is 10.8. The third-order valence-corrected chi connectivity index (χ3v) is 2.63. The molecule has 0 aromatic heterocycles. The van der Waals surface area contributed by atoms with Gasteiger partial charge in [-0.15, -0.1) is 0 Å². The highest BCUT2D eigenvalue weighted by molar-refractivity contribution is 6.37. The van der Waals surface area contributed by atoms with Crippen LogP contribution in [0.25, 0.3) is 6.08 Å². The lowest BCUT2D eigenvalue weighted by Crippen LogP contribution is -2.28. The molecule has 2 N–H and O–H groups in total. The number of nitrogens with one attached hydrogen (secondary N) is 1.